The maximum absolute atomic E-state index is 13.9. The maximum atomic E-state index is 13.9. The minimum absolute atomic E-state index is 0.00537. The molecule has 7 rings (SSSR count). The van der Waals surface area contributed by atoms with Crippen molar-refractivity contribution in [2.45, 2.75) is 0 Å². The third kappa shape index (κ3) is 1.67. The van der Waals surface area contributed by atoms with Crippen molar-refractivity contribution in [1.82, 2.24) is 8.80 Å². The molecule has 0 saturated heterocycles. The molecule has 4 aromatic carbocycles. The molecule has 0 amide bonds. The Morgan fingerprint density at radius 3 is 1.61 bits per heavy atom. The standard InChI is InChI=1S/C23H12N2OS2/c26-23-24-14-5-1-3-7-16(14)27-18-11-9-13-10-12-19-22(20(13)21(18)24)25(23)15-6-2-4-8-17(15)28-19/h1-12H. The van der Waals surface area contributed by atoms with Crippen LogP contribution in [0.3, 0.4) is 0 Å². The molecule has 0 radical (unpaired) electrons. The van der Waals surface area contributed by atoms with Gasteiger partial charge in [0.05, 0.1) is 40.9 Å². The molecule has 3 aromatic heterocycles. The van der Waals surface area contributed by atoms with Gasteiger partial charge in [-0.25, -0.2) is 4.79 Å². The average Bonchev–Trinajstić information content (AvgIpc) is 2.74. The summed E-state index contributed by atoms with van der Waals surface area (Å²) in [5, 5.41) is 2.33. The van der Waals surface area contributed by atoms with Crippen LogP contribution in [0, 0.1) is 0 Å². The van der Waals surface area contributed by atoms with Crippen LogP contribution in [0.25, 0.3) is 51.6 Å². The Morgan fingerprint density at radius 1 is 0.571 bits per heavy atom. The number of para-hydroxylation sites is 2. The number of aromatic nitrogens is 2. The molecule has 3 heterocycles. The summed E-state index contributed by atoms with van der Waals surface area (Å²) in [5.41, 5.74) is 3.97. The van der Waals surface area contributed by atoms with Crippen molar-refractivity contribution in [3.05, 3.63) is 83.3 Å². The summed E-state index contributed by atoms with van der Waals surface area (Å²) in [6.07, 6.45) is 0. The molecule has 0 aliphatic rings. The Kier molecular flexibility index (Phi) is 2.66. The summed E-state index contributed by atoms with van der Waals surface area (Å²) in [4.78, 5) is 13.9. The van der Waals surface area contributed by atoms with Crippen molar-refractivity contribution in [2.24, 2.45) is 0 Å². The number of rotatable bonds is 0. The number of nitrogens with zero attached hydrogens (tertiary/aromatic N) is 2. The number of hydrogen-bond donors (Lipinski definition) is 0. The lowest BCUT2D eigenvalue weighted by molar-refractivity contribution is 1.01. The summed E-state index contributed by atoms with van der Waals surface area (Å²) in [7, 11) is 0. The Hall–Kier alpha value is -3.15. The fraction of sp³-hybridized carbons (Fsp3) is 0. The summed E-state index contributed by atoms with van der Waals surface area (Å²) in [5.74, 6) is 0. The predicted octanol–water partition coefficient (Wildman–Crippen LogP) is 6.29. The van der Waals surface area contributed by atoms with E-state index in [1.165, 1.54) is 10.8 Å². The van der Waals surface area contributed by atoms with Crippen LogP contribution in [0.15, 0.2) is 77.6 Å². The van der Waals surface area contributed by atoms with E-state index in [0.29, 0.717) is 0 Å². The molecule has 0 aliphatic carbocycles. The van der Waals surface area contributed by atoms with Gasteiger partial charge >= 0.3 is 5.69 Å². The first-order chi connectivity index (χ1) is 13.8. The summed E-state index contributed by atoms with van der Waals surface area (Å²) in [6.45, 7) is 0. The largest absolute Gasteiger partial charge is 0.338 e. The highest BCUT2D eigenvalue weighted by atomic mass is 32.1. The van der Waals surface area contributed by atoms with E-state index in [9.17, 15) is 4.79 Å². The van der Waals surface area contributed by atoms with Crippen LogP contribution in [0.1, 0.15) is 0 Å². The quantitative estimate of drug-likeness (QED) is 0.219. The second-order valence-corrected chi connectivity index (χ2v) is 9.18. The zero-order valence-corrected chi connectivity index (χ0v) is 16.2. The fourth-order valence-electron chi connectivity index (χ4n) is 4.38. The van der Waals surface area contributed by atoms with Crippen LogP contribution in [-0.2, 0) is 0 Å². The lowest BCUT2D eigenvalue weighted by atomic mass is 10.1. The fourth-order valence-corrected chi connectivity index (χ4v) is 6.53. The van der Waals surface area contributed by atoms with Gasteiger partial charge in [0.25, 0.3) is 0 Å². The molecule has 0 unspecified atom stereocenters. The molecule has 5 heteroatoms. The van der Waals surface area contributed by atoms with Crippen LogP contribution >= 0.6 is 22.7 Å². The maximum Gasteiger partial charge on any atom is 0.338 e. The second kappa shape index (κ2) is 5.01. The third-order valence-corrected chi connectivity index (χ3v) is 7.77. The highest BCUT2D eigenvalue weighted by molar-refractivity contribution is 7.25. The highest BCUT2D eigenvalue weighted by Crippen LogP contribution is 2.39. The summed E-state index contributed by atoms with van der Waals surface area (Å²) < 4.78 is 8.32. The van der Waals surface area contributed by atoms with Crippen molar-refractivity contribution in [3.8, 4) is 0 Å². The van der Waals surface area contributed by atoms with Crippen LogP contribution in [0.5, 0.6) is 0 Å². The van der Waals surface area contributed by atoms with E-state index in [1.54, 1.807) is 22.7 Å². The van der Waals surface area contributed by atoms with Crippen molar-refractivity contribution < 1.29 is 0 Å². The minimum Gasteiger partial charge on any atom is -0.259 e. The molecule has 0 spiro atoms. The second-order valence-electron chi connectivity index (χ2n) is 7.02. The van der Waals surface area contributed by atoms with Crippen molar-refractivity contribution in [1.29, 1.82) is 0 Å². The zero-order valence-electron chi connectivity index (χ0n) is 14.5. The zero-order chi connectivity index (χ0) is 18.4. The van der Waals surface area contributed by atoms with Gasteiger partial charge in [-0.3, -0.25) is 8.80 Å². The monoisotopic (exact) mass is 396 g/mol. The van der Waals surface area contributed by atoms with Gasteiger partial charge < -0.3 is 0 Å². The lowest BCUT2D eigenvalue weighted by Gasteiger charge is -2.18. The van der Waals surface area contributed by atoms with Crippen LogP contribution in [-0.4, -0.2) is 8.80 Å². The van der Waals surface area contributed by atoms with Gasteiger partial charge in [0.15, 0.2) is 0 Å². The van der Waals surface area contributed by atoms with Gasteiger partial charge in [0.1, 0.15) is 0 Å². The van der Waals surface area contributed by atoms with Gasteiger partial charge in [-0.2, -0.15) is 0 Å². The van der Waals surface area contributed by atoms with Crippen molar-refractivity contribution >= 4 is 74.3 Å². The van der Waals surface area contributed by atoms with E-state index in [2.05, 4.69) is 36.4 Å². The number of hydrogen-bond acceptors (Lipinski definition) is 3. The van der Waals surface area contributed by atoms with E-state index in [-0.39, 0.29) is 5.69 Å². The van der Waals surface area contributed by atoms with Crippen LogP contribution in [0.2, 0.25) is 0 Å². The van der Waals surface area contributed by atoms with Gasteiger partial charge in [-0.05, 0) is 41.8 Å². The molecule has 0 fully saturated rings. The first-order valence-electron chi connectivity index (χ1n) is 9.09. The molecular formula is C23H12N2OS2. The predicted molar refractivity (Wildman–Crippen MR) is 120 cm³/mol. The van der Waals surface area contributed by atoms with Crippen LogP contribution < -0.4 is 5.69 Å². The first-order valence-corrected chi connectivity index (χ1v) is 10.7. The molecule has 132 valence electrons. The molecule has 0 saturated carbocycles. The molecule has 0 bridgehead atoms. The third-order valence-electron chi connectivity index (χ3n) is 5.54. The minimum atomic E-state index is -0.00537. The van der Waals surface area contributed by atoms with Crippen LogP contribution in [0.4, 0.5) is 0 Å². The van der Waals surface area contributed by atoms with E-state index in [0.717, 1.165) is 40.9 Å². The molecule has 3 nitrogen and oxygen atoms in total. The normalized spacial score (nSPS) is 12.4. The van der Waals surface area contributed by atoms with Gasteiger partial charge in [0.2, 0.25) is 0 Å². The molecule has 0 aliphatic heterocycles. The summed E-state index contributed by atoms with van der Waals surface area (Å²) in [6, 6.07) is 25.0. The molecule has 7 aromatic rings. The lowest BCUT2D eigenvalue weighted by Crippen LogP contribution is -2.23. The van der Waals surface area contributed by atoms with Gasteiger partial charge in [-0.1, -0.05) is 36.4 Å². The van der Waals surface area contributed by atoms with E-state index < -0.39 is 0 Å². The highest BCUT2D eigenvalue weighted by Gasteiger charge is 2.19. The topological polar surface area (TPSA) is 25.9 Å². The number of fused-ring (bicyclic) bond motifs is 4. The Morgan fingerprint density at radius 2 is 1.07 bits per heavy atom. The van der Waals surface area contributed by atoms with E-state index in [1.807, 2.05) is 45.2 Å². The SMILES string of the molecule is O=c1n2c3ccccc3sc3ccc4ccc5sc6ccccc6n1c5c4c32. The molecule has 28 heavy (non-hydrogen) atoms. The average molecular weight is 396 g/mol. The van der Waals surface area contributed by atoms with Gasteiger partial charge in [0, 0.05) is 5.39 Å². The number of benzene rings is 4. The van der Waals surface area contributed by atoms with Crippen molar-refractivity contribution in [2.75, 3.05) is 0 Å². The Labute approximate surface area is 166 Å². The molecule has 0 atom stereocenters. The summed E-state index contributed by atoms with van der Waals surface area (Å²) >= 11 is 3.49. The van der Waals surface area contributed by atoms with Crippen molar-refractivity contribution in [3.63, 3.8) is 0 Å². The van der Waals surface area contributed by atoms with E-state index >= 15 is 0 Å². The molecular weight excluding hydrogens is 384 g/mol. The first kappa shape index (κ1) is 14.9. The molecule has 0 N–H and O–H groups in total. The Balaban J connectivity index is 2.00. The van der Waals surface area contributed by atoms with Gasteiger partial charge in [-0.15, -0.1) is 22.7 Å². The Bertz CT molecular complexity index is 1670. The van der Waals surface area contributed by atoms with E-state index in [4.69, 9.17) is 0 Å². The smallest absolute Gasteiger partial charge is 0.259 e.